The van der Waals surface area contributed by atoms with Crippen LogP contribution < -0.4 is 9.64 Å². The molecule has 1 N–H and O–H groups in total. The summed E-state index contributed by atoms with van der Waals surface area (Å²) in [5, 5.41) is 10.6. The van der Waals surface area contributed by atoms with Gasteiger partial charge in [0.1, 0.15) is 17.3 Å². The second-order valence-corrected chi connectivity index (χ2v) is 14.8. The highest BCUT2D eigenvalue weighted by molar-refractivity contribution is 5.81. The zero-order chi connectivity index (χ0) is 35.2. The van der Waals surface area contributed by atoms with E-state index >= 15 is 4.39 Å². The Morgan fingerprint density at radius 1 is 1.08 bits per heavy atom. The molecule has 8 nitrogen and oxygen atoms in total. The van der Waals surface area contributed by atoms with Crippen LogP contribution >= 0.6 is 0 Å². The number of aryl methyl sites for hydroxylation is 1. The third-order valence-corrected chi connectivity index (χ3v) is 9.81. The summed E-state index contributed by atoms with van der Waals surface area (Å²) in [4.78, 5) is 20.3. The van der Waals surface area contributed by atoms with E-state index in [0.29, 0.717) is 54.1 Å². The average molecular weight is 676 g/mol. The van der Waals surface area contributed by atoms with Gasteiger partial charge in [-0.2, -0.15) is 0 Å². The van der Waals surface area contributed by atoms with E-state index in [9.17, 15) is 14.3 Å². The number of carboxylic acid groups (broad SMARTS) is 1. The van der Waals surface area contributed by atoms with Crippen LogP contribution in [0.4, 0.5) is 14.6 Å². The predicted octanol–water partition coefficient (Wildman–Crippen LogP) is 8.83. The molecule has 0 spiro atoms. The Hall–Kier alpha value is -4.02. The van der Waals surface area contributed by atoms with Gasteiger partial charge in [0.15, 0.2) is 17.7 Å². The van der Waals surface area contributed by atoms with Crippen molar-refractivity contribution in [1.29, 1.82) is 0 Å². The van der Waals surface area contributed by atoms with Gasteiger partial charge in [-0.25, -0.2) is 18.6 Å². The molecule has 0 aliphatic carbocycles. The third kappa shape index (κ3) is 7.17. The van der Waals surface area contributed by atoms with Crippen LogP contribution in [0.2, 0.25) is 0 Å². The lowest BCUT2D eigenvalue weighted by molar-refractivity contribution is -0.160. The predicted molar refractivity (Wildman–Crippen MR) is 186 cm³/mol. The summed E-state index contributed by atoms with van der Waals surface area (Å²) < 4.78 is 50.9. The summed E-state index contributed by atoms with van der Waals surface area (Å²) >= 11 is 0. The number of fused-ring (bicyclic) bond motifs is 8. The lowest BCUT2D eigenvalue weighted by Gasteiger charge is -2.42. The minimum Gasteiger partial charge on any atom is -0.487 e. The topological polar surface area (TPSA) is 85.5 Å². The Morgan fingerprint density at radius 3 is 2.49 bits per heavy atom. The first kappa shape index (κ1) is 34.8. The van der Waals surface area contributed by atoms with Crippen molar-refractivity contribution < 1.29 is 32.9 Å². The van der Waals surface area contributed by atoms with Gasteiger partial charge in [-0.3, -0.25) is 4.40 Å². The number of pyridine rings is 1. The summed E-state index contributed by atoms with van der Waals surface area (Å²) in [7, 11) is 0. The molecule has 5 heterocycles. The molecule has 6 bridgehead atoms. The Balaban J connectivity index is 1.58. The minimum absolute atomic E-state index is 0.0151. The lowest BCUT2D eigenvalue weighted by Crippen LogP contribution is -2.45. The van der Waals surface area contributed by atoms with Crippen LogP contribution in [0, 0.1) is 25.5 Å². The van der Waals surface area contributed by atoms with Crippen molar-refractivity contribution in [2.24, 2.45) is 0 Å². The quantitative estimate of drug-likeness (QED) is 0.232. The maximum absolute atomic E-state index is 15.3. The molecule has 3 aliphatic heterocycles. The number of piperidine rings is 1. The zero-order valence-corrected chi connectivity index (χ0v) is 29.5. The monoisotopic (exact) mass is 675 g/mol. The van der Waals surface area contributed by atoms with Crippen molar-refractivity contribution in [3.8, 4) is 28.1 Å². The number of aliphatic carboxylic acids is 1. The van der Waals surface area contributed by atoms with Crippen molar-refractivity contribution in [1.82, 2.24) is 9.38 Å². The van der Waals surface area contributed by atoms with E-state index in [0.717, 1.165) is 54.3 Å². The second kappa shape index (κ2) is 13.4. The molecule has 49 heavy (non-hydrogen) atoms. The Labute approximate surface area is 287 Å². The number of nitrogens with zero attached hydrogens (tertiary/aromatic N) is 3. The molecule has 7 rings (SSSR count). The fourth-order valence-electron chi connectivity index (χ4n) is 7.02. The van der Waals surface area contributed by atoms with E-state index in [1.54, 1.807) is 6.07 Å². The number of carbonyl (C=O) groups is 1. The SMILES string of the molecule is Cc1c(C(OC(C)(C)C)C(=O)O)c2n3cc(nc3c1C)-c1cccc(c1)-c1cc(F)cc(F)c1OC(C)CCCCOC1(C)CCN2CC1. The van der Waals surface area contributed by atoms with Crippen LogP contribution in [-0.2, 0) is 14.3 Å². The number of hydrogen-bond acceptors (Lipinski definition) is 6. The molecule has 2 aromatic carbocycles. The second-order valence-electron chi connectivity index (χ2n) is 14.8. The van der Waals surface area contributed by atoms with Crippen molar-refractivity contribution in [3.63, 3.8) is 0 Å². The molecule has 3 aliphatic rings. The smallest absolute Gasteiger partial charge is 0.337 e. The Kier molecular flexibility index (Phi) is 9.50. The first-order chi connectivity index (χ1) is 23.1. The number of rotatable bonds is 3. The molecule has 2 atom stereocenters. The van der Waals surface area contributed by atoms with Gasteiger partial charge in [0.2, 0.25) is 0 Å². The first-order valence-corrected chi connectivity index (χ1v) is 17.2. The van der Waals surface area contributed by atoms with Crippen LogP contribution in [0.5, 0.6) is 5.75 Å². The number of halogens is 2. The van der Waals surface area contributed by atoms with E-state index < -0.39 is 29.3 Å². The molecule has 1 fully saturated rings. The molecule has 0 radical (unpaired) electrons. The average Bonchev–Trinajstić information content (AvgIpc) is 3.48. The van der Waals surface area contributed by atoms with Gasteiger partial charge in [0.05, 0.1) is 23.0 Å². The Bertz CT molecular complexity index is 1870. The van der Waals surface area contributed by atoms with Crippen LogP contribution in [0.1, 0.15) is 89.5 Å². The molecule has 0 amide bonds. The highest BCUT2D eigenvalue weighted by Crippen LogP contribution is 2.42. The van der Waals surface area contributed by atoms with Crippen LogP contribution in [0.3, 0.4) is 0 Å². The molecule has 2 unspecified atom stereocenters. The maximum atomic E-state index is 15.3. The normalized spacial score (nSPS) is 21.0. The highest BCUT2D eigenvalue weighted by atomic mass is 19.1. The van der Waals surface area contributed by atoms with Crippen molar-refractivity contribution in [2.75, 3.05) is 24.6 Å². The van der Waals surface area contributed by atoms with Gasteiger partial charge in [-0.1, -0.05) is 18.2 Å². The van der Waals surface area contributed by atoms with Gasteiger partial charge in [-0.15, -0.1) is 0 Å². The van der Waals surface area contributed by atoms with Gasteiger partial charge < -0.3 is 24.2 Å². The number of imidazole rings is 1. The molecule has 0 saturated carbocycles. The van der Waals surface area contributed by atoms with Gasteiger partial charge in [0, 0.05) is 48.6 Å². The summed E-state index contributed by atoms with van der Waals surface area (Å²) in [6.07, 6.45) is 4.26. The summed E-state index contributed by atoms with van der Waals surface area (Å²) in [6, 6.07) is 9.57. The van der Waals surface area contributed by atoms with Crippen LogP contribution in [0.25, 0.3) is 28.0 Å². The number of carboxylic acids is 1. The van der Waals surface area contributed by atoms with Crippen LogP contribution in [-0.4, -0.2) is 57.5 Å². The fraction of sp³-hybridized carbons (Fsp3) is 0.487. The van der Waals surface area contributed by atoms with Crippen molar-refractivity contribution in [2.45, 2.75) is 104 Å². The highest BCUT2D eigenvalue weighted by Gasteiger charge is 2.38. The van der Waals surface area contributed by atoms with E-state index in [1.807, 2.05) is 70.3 Å². The van der Waals surface area contributed by atoms with Crippen molar-refractivity contribution in [3.05, 3.63) is 70.9 Å². The molecule has 262 valence electrons. The summed E-state index contributed by atoms with van der Waals surface area (Å²) in [6.45, 7) is 15.4. The standard InChI is InChI=1S/C39H47F2N3O5/c1-23-11-8-9-18-47-39(7)14-16-43(17-15-39)36-32(34(37(45)46)49-38(4,5)6)24(2)25(3)35-42-31(22-44(35)36)27-13-10-12-26(19-27)29-20-28(40)21-30(41)33(29)48-23/h10,12-13,19-23,34H,8-9,11,14-18H2,1-7H3,(H,45,46). The van der Waals surface area contributed by atoms with E-state index in [1.165, 1.54) is 6.07 Å². The number of aromatic nitrogens is 2. The van der Waals surface area contributed by atoms with Gasteiger partial charge in [0.25, 0.3) is 0 Å². The molecule has 2 aromatic heterocycles. The number of hydrogen-bond donors (Lipinski definition) is 1. The van der Waals surface area contributed by atoms with Crippen molar-refractivity contribution >= 4 is 17.4 Å². The zero-order valence-electron chi connectivity index (χ0n) is 29.5. The molecular formula is C39H47F2N3O5. The molecule has 4 aromatic rings. The summed E-state index contributed by atoms with van der Waals surface area (Å²) in [5.74, 6) is -1.76. The van der Waals surface area contributed by atoms with E-state index in [4.69, 9.17) is 19.2 Å². The Morgan fingerprint density at radius 2 is 1.80 bits per heavy atom. The fourth-order valence-corrected chi connectivity index (χ4v) is 7.02. The van der Waals surface area contributed by atoms with E-state index in [2.05, 4.69) is 11.8 Å². The third-order valence-electron chi connectivity index (χ3n) is 9.81. The lowest BCUT2D eigenvalue weighted by atomic mass is 9.92. The van der Waals surface area contributed by atoms with Gasteiger partial charge >= 0.3 is 5.97 Å². The van der Waals surface area contributed by atoms with E-state index in [-0.39, 0.29) is 17.5 Å². The van der Waals surface area contributed by atoms with Gasteiger partial charge in [-0.05, 0) is 109 Å². The van der Waals surface area contributed by atoms with Crippen LogP contribution in [0.15, 0.2) is 42.6 Å². The first-order valence-electron chi connectivity index (χ1n) is 17.2. The molecule has 1 saturated heterocycles. The molecular weight excluding hydrogens is 628 g/mol. The number of benzene rings is 2. The largest absolute Gasteiger partial charge is 0.487 e. The molecule has 10 heteroatoms. The summed E-state index contributed by atoms with van der Waals surface area (Å²) in [5.41, 5.74) is 4.18. The number of anilines is 1. The minimum atomic E-state index is -1.22. The number of ether oxygens (including phenoxy) is 3. The maximum Gasteiger partial charge on any atom is 0.337 e.